The van der Waals surface area contributed by atoms with Gasteiger partial charge in [0.05, 0.1) is 0 Å². The molecule has 0 saturated carbocycles. The lowest BCUT2D eigenvalue weighted by Gasteiger charge is -2.25. The summed E-state index contributed by atoms with van der Waals surface area (Å²) in [7, 11) is 0. The van der Waals surface area contributed by atoms with Gasteiger partial charge in [0.15, 0.2) is 0 Å². The van der Waals surface area contributed by atoms with Gasteiger partial charge in [-0.25, -0.2) is 4.39 Å². The Balaban J connectivity index is 2.89. The van der Waals surface area contributed by atoms with Crippen LogP contribution in [-0.2, 0) is 6.42 Å². The van der Waals surface area contributed by atoms with Gasteiger partial charge >= 0.3 is 0 Å². The van der Waals surface area contributed by atoms with Gasteiger partial charge in [-0.2, -0.15) is 0 Å². The Labute approximate surface area is 93.9 Å². The summed E-state index contributed by atoms with van der Waals surface area (Å²) in [5, 5.41) is 9.57. The standard InChI is InChI=1S/C11H15ClFNO/c1-11(6-14,7-15)5-8-2-3-9(13)4-10(8)12/h2-4,15H,5-7,14H2,1H3. The molecule has 0 bridgehead atoms. The van der Waals surface area contributed by atoms with Gasteiger partial charge in [0.25, 0.3) is 0 Å². The van der Waals surface area contributed by atoms with Crippen LogP contribution in [0.3, 0.4) is 0 Å². The topological polar surface area (TPSA) is 46.2 Å². The number of nitrogens with two attached hydrogens (primary N) is 1. The van der Waals surface area contributed by atoms with E-state index < -0.39 is 5.41 Å². The molecular weight excluding hydrogens is 217 g/mol. The van der Waals surface area contributed by atoms with E-state index in [1.165, 1.54) is 12.1 Å². The smallest absolute Gasteiger partial charge is 0.124 e. The van der Waals surface area contributed by atoms with Gasteiger partial charge in [0, 0.05) is 23.6 Å². The van der Waals surface area contributed by atoms with Gasteiger partial charge < -0.3 is 10.8 Å². The second kappa shape index (κ2) is 4.92. The summed E-state index contributed by atoms with van der Waals surface area (Å²) in [6.45, 7) is 2.21. The maximum atomic E-state index is 12.8. The van der Waals surface area contributed by atoms with Crippen molar-refractivity contribution in [2.75, 3.05) is 13.2 Å². The summed E-state index contributed by atoms with van der Waals surface area (Å²) in [4.78, 5) is 0. The summed E-state index contributed by atoms with van der Waals surface area (Å²) >= 11 is 5.89. The molecule has 1 aromatic carbocycles. The molecule has 1 atom stereocenters. The van der Waals surface area contributed by atoms with Crippen LogP contribution in [0.2, 0.25) is 5.02 Å². The number of rotatable bonds is 4. The minimum Gasteiger partial charge on any atom is -0.396 e. The zero-order chi connectivity index (χ0) is 11.5. The zero-order valence-electron chi connectivity index (χ0n) is 8.63. The first-order chi connectivity index (χ1) is 7.00. The van der Waals surface area contributed by atoms with Crippen LogP contribution in [0.15, 0.2) is 18.2 Å². The van der Waals surface area contributed by atoms with E-state index in [1.807, 2.05) is 6.92 Å². The third kappa shape index (κ3) is 3.16. The van der Waals surface area contributed by atoms with Crippen LogP contribution in [-0.4, -0.2) is 18.3 Å². The SMILES string of the molecule is CC(CN)(CO)Cc1ccc(F)cc1Cl. The molecular formula is C11H15ClFNO. The van der Waals surface area contributed by atoms with Crippen molar-refractivity contribution in [1.29, 1.82) is 0 Å². The maximum Gasteiger partial charge on any atom is 0.124 e. The molecule has 1 unspecified atom stereocenters. The molecule has 1 aromatic rings. The Morgan fingerprint density at radius 1 is 1.53 bits per heavy atom. The predicted octanol–water partition coefficient (Wildman–Crippen LogP) is 1.98. The van der Waals surface area contributed by atoms with Gasteiger partial charge in [0.1, 0.15) is 5.82 Å². The summed E-state index contributed by atoms with van der Waals surface area (Å²) in [5.41, 5.74) is 5.97. The molecule has 2 nitrogen and oxygen atoms in total. The first-order valence-electron chi connectivity index (χ1n) is 4.75. The molecule has 84 valence electrons. The number of aliphatic hydroxyl groups is 1. The number of hydrogen-bond donors (Lipinski definition) is 2. The Morgan fingerprint density at radius 2 is 2.20 bits per heavy atom. The van der Waals surface area contributed by atoms with E-state index in [0.717, 1.165) is 5.56 Å². The summed E-state index contributed by atoms with van der Waals surface area (Å²) in [6, 6.07) is 4.25. The minimum absolute atomic E-state index is 0.0167. The van der Waals surface area contributed by atoms with Gasteiger partial charge in [-0.1, -0.05) is 24.6 Å². The monoisotopic (exact) mass is 231 g/mol. The highest BCUT2D eigenvalue weighted by atomic mass is 35.5. The summed E-state index contributed by atoms with van der Waals surface area (Å²) in [5.74, 6) is -0.359. The molecule has 0 fully saturated rings. The molecule has 0 aliphatic carbocycles. The molecule has 0 saturated heterocycles. The number of halogens is 2. The molecule has 0 aromatic heterocycles. The zero-order valence-corrected chi connectivity index (χ0v) is 9.39. The number of benzene rings is 1. The average molecular weight is 232 g/mol. The van der Waals surface area contributed by atoms with Crippen LogP contribution in [0.4, 0.5) is 4.39 Å². The van der Waals surface area contributed by atoms with Gasteiger partial charge in [-0.15, -0.1) is 0 Å². The Bertz CT molecular complexity index is 339. The highest BCUT2D eigenvalue weighted by Gasteiger charge is 2.23. The highest BCUT2D eigenvalue weighted by molar-refractivity contribution is 6.31. The van der Waals surface area contributed by atoms with Crippen LogP contribution < -0.4 is 5.73 Å². The van der Waals surface area contributed by atoms with Crippen molar-refractivity contribution in [2.24, 2.45) is 11.1 Å². The molecule has 0 radical (unpaired) electrons. The second-order valence-electron chi connectivity index (χ2n) is 4.09. The lowest BCUT2D eigenvalue weighted by atomic mass is 9.84. The summed E-state index contributed by atoms with van der Waals surface area (Å²) < 4.78 is 12.8. The molecule has 0 spiro atoms. The molecule has 1 rings (SSSR count). The van der Waals surface area contributed by atoms with Gasteiger partial charge in [-0.05, 0) is 24.1 Å². The van der Waals surface area contributed by atoms with E-state index >= 15 is 0 Å². The number of aliphatic hydroxyl groups excluding tert-OH is 1. The fourth-order valence-corrected chi connectivity index (χ4v) is 1.55. The van der Waals surface area contributed by atoms with E-state index in [-0.39, 0.29) is 12.4 Å². The number of hydrogen-bond acceptors (Lipinski definition) is 2. The van der Waals surface area contributed by atoms with Crippen molar-refractivity contribution in [3.63, 3.8) is 0 Å². The Morgan fingerprint density at radius 3 is 2.67 bits per heavy atom. The molecule has 0 heterocycles. The first-order valence-corrected chi connectivity index (χ1v) is 5.13. The molecule has 4 heteroatoms. The highest BCUT2D eigenvalue weighted by Crippen LogP contribution is 2.26. The fraction of sp³-hybridized carbons (Fsp3) is 0.455. The normalized spacial score (nSPS) is 15.0. The van der Waals surface area contributed by atoms with E-state index in [1.54, 1.807) is 6.07 Å². The van der Waals surface area contributed by atoms with Crippen molar-refractivity contribution >= 4 is 11.6 Å². The average Bonchev–Trinajstić information content (AvgIpc) is 2.22. The second-order valence-corrected chi connectivity index (χ2v) is 4.49. The van der Waals surface area contributed by atoms with Crippen molar-refractivity contribution < 1.29 is 9.50 Å². The van der Waals surface area contributed by atoms with Crippen LogP contribution >= 0.6 is 11.6 Å². The molecule has 0 aliphatic heterocycles. The third-order valence-electron chi connectivity index (χ3n) is 2.51. The third-order valence-corrected chi connectivity index (χ3v) is 2.86. The Hall–Kier alpha value is -0.640. The fourth-order valence-electron chi connectivity index (χ4n) is 1.32. The largest absolute Gasteiger partial charge is 0.396 e. The van der Waals surface area contributed by atoms with E-state index in [0.29, 0.717) is 18.0 Å². The van der Waals surface area contributed by atoms with Crippen LogP contribution in [0.25, 0.3) is 0 Å². The molecule has 3 N–H and O–H groups in total. The van der Waals surface area contributed by atoms with Crippen LogP contribution in [0.1, 0.15) is 12.5 Å². The predicted molar refractivity (Wildman–Crippen MR) is 59.4 cm³/mol. The Kier molecular flexibility index (Phi) is 4.08. The van der Waals surface area contributed by atoms with E-state index in [4.69, 9.17) is 17.3 Å². The summed E-state index contributed by atoms with van der Waals surface area (Å²) in [6.07, 6.45) is 0.541. The van der Waals surface area contributed by atoms with Crippen LogP contribution in [0, 0.1) is 11.2 Å². The van der Waals surface area contributed by atoms with Crippen molar-refractivity contribution in [2.45, 2.75) is 13.3 Å². The van der Waals surface area contributed by atoms with Gasteiger partial charge in [0.2, 0.25) is 0 Å². The molecule has 15 heavy (non-hydrogen) atoms. The first kappa shape index (κ1) is 12.4. The quantitative estimate of drug-likeness (QED) is 0.833. The van der Waals surface area contributed by atoms with E-state index in [9.17, 15) is 9.50 Å². The maximum absolute atomic E-state index is 12.8. The van der Waals surface area contributed by atoms with Crippen molar-refractivity contribution in [3.05, 3.63) is 34.6 Å². The minimum atomic E-state index is -0.401. The lowest BCUT2D eigenvalue weighted by Crippen LogP contribution is -2.33. The van der Waals surface area contributed by atoms with E-state index in [2.05, 4.69) is 0 Å². The van der Waals surface area contributed by atoms with Crippen molar-refractivity contribution in [1.82, 2.24) is 0 Å². The molecule has 0 aliphatic rings. The lowest BCUT2D eigenvalue weighted by molar-refractivity contribution is 0.149. The van der Waals surface area contributed by atoms with Crippen LogP contribution in [0.5, 0.6) is 0 Å². The molecule has 0 amide bonds. The van der Waals surface area contributed by atoms with Gasteiger partial charge in [-0.3, -0.25) is 0 Å². The van der Waals surface area contributed by atoms with Crippen molar-refractivity contribution in [3.8, 4) is 0 Å².